The molecule has 1 unspecified atom stereocenters. The summed E-state index contributed by atoms with van der Waals surface area (Å²) in [6.07, 6.45) is 7.91. The minimum Gasteiger partial charge on any atom is -0.375 e. The van der Waals surface area contributed by atoms with E-state index in [4.69, 9.17) is 4.74 Å². The minimum absolute atomic E-state index is 0.271. The predicted molar refractivity (Wildman–Crippen MR) is 69.2 cm³/mol. The monoisotopic (exact) mass is 238 g/mol. The fraction of sp³-hybridized carbons (Fsp3) is 1.00. The Bertz CT molecular complexity index is 263. The predicted octanol–water partition coefficient (Wildman–Crippen LogP) is 1.77. The van der Waals surface area contributed by atoms with Gasteiger partial charge < -0.3 is 10.1 Å². The molecule has 0 aromatic carbocycles. The Morgan fingerprint density at radius 1 is 1.29 bits per heavy atom. The second kappa shape index (κ2) is 4.87. The van der Waals surface area contributed by atoms with Gasteiger partial charge in [0.25, 0.3) is 0 Å². The Balaban J connectivity index is 1.66. The van der Waals surface area contributed by atoms with Crippen molar-refractivity contribution in [2.24, 2.45) is 0 Å². The summed E-state index contributed by atoms with van der Waals surface area (Å²) < 4.78 is 6.14. The van der Waals surface area contributed by atoms with E-state index in [1.165, 1.54) is 45.1 Å². The maximum Gasteiger partial charge on any atom is 0.0697 e. The highest BCUT2D eigenvalue weighted by molar-refractivity contribution is 4.96. The average Bonchev–Trinajstić information content (AvgIpc) is 2.78. The van der Waals surface area contributed by atoms with Crippen LogP contribution in [0, 0.1) is 0 Å². The van der Waals surface area contributed by atoms with E-state index in [0.29, 0.717) is 6.04 Å². The van der Waals surface area contributed by atoms with Crippen LogP contribution in [0.15, 0.2) is 0 Å². The van der Waals surface area contributed by atoms with Crippen LogP contribution in [0.25, 0.3) is 0 Å². The minimum atomic E-state index is 0.271. The maximum atomic E-state index is 6.14. The van der Waals surface area contributed by atoms with Crippen molar-refractivity contribution in [1.29, 1.82) is 0 Å². The van der Waals surface area contributed by atoms with Crippen LogP contribution >= 0.6 is 0 Å². The zero-order valence-electron chi connectivity index (χ0n) is 11.1. The van der Waals surface area contributed by atoms with Crippen molar-refractivity contribution in [3.8, 4) is 0 Å². The van der Waals surface area contributed by atoms with Gasteiger partial charge in [0.15, 0.2) is 0 Å². The van der Waals surface area contributed by atoms with E-state index in [2.05, 4.69) is 17.1 Å². The molecule has 3 rings (SSSR count). The van der Waals surface area contributed by atoms with Gasteiger partial charge in [-0.05, 0) is 32.6 Å². The van der Waals surface area contributed by atoms with Gasteiger partial charge in [0, 0.05) is 38.3 Å². The molecule has 0 aromatic heterocycles. The van der Waals surface area contributed by atoms with E-state index in [-0.39, 0.29) is 5.60 Å². The summed E-state index contributed by atoms with van der Waals surface area (Å²) in [5, 5.41) is 3.49. The van der Waals surface area contributed by atoms with Gasteiger partial charge in [-0.15, -0.1) is 0 Å². The molecule has 3 fully saturated rings. The normalized spacial score (nSPS) is 38.6. The molecule has 0 amide bonds. The topological polar surface area (TPSA) is 24.5 Å². The molecule has 1 saturated carbocycles. The largest absolute Gasteiger partial charge is 0.375 e. The summed E-state index contributed by atoms with van der Waals surface area (Å²) in [6.45, 7) is 6.89. The van der Waals surface area contributed by atoms with Gasteiger partial charge in [0.1, 0.15) is 0 Å². The van der Waals surface area contributed by atoms with Crippen LogP contribution in [0.2, 0.25) is 0 Å². The second-order valence-electron chi connectivity index (χ2n) is 6.18. The molecule has 17 heavy (non-hydrogen) atoms. The van der Waals surface area contributed by atoms with Crippen LogP contribution in [-0.2, 0) is 4.74 Å². The van der Waals surface area contributed by atoms with E-state index in [9.17, 15) is 0 Å². The van der Waals surface area contributed by atoms with Gasteiger partial charge in [0.05, 0.1) is 5.60 Å². The highest BCUT2D eigenvalue weighted by Crippen LogP contribution is 2.41. The highest BCUT2D eigenvalue weighted by atomic mass is 16.5. The average molecular weight is 238 g/mol. The van der Waals surface area contributed by atoms with Gasteiger partial charge in [-0.3, -0.25) is 4.90 Å². The van der Waals surface area contributed by atoms with Gasteiger partial charge >= 0.3 is 0 Å². The fourth-order valence-electron chi connectivity index (χ4n) is 4.05. The molecule has 1 aliphatic carbocycles. The van der Waals surface area contributed by atoms with Crippen molar-refractivity contribution in [1.82, 2.24) is 10.2 Å². The summed E-state index contributed by atoms with van der Waals surface area (Å²) in [4.78, 5) is 2.74. The number of rotatable bonds is 1. The third-order valence-electron chi connectivity index (χ3n) is 5.00. The molecule has 3 nitrogen and oxygen atoms in total. The lowest BCUT2D eigenvalue weighted by Crippen LogP contribution is -2.57. The number of nitrogens with zero attached hydrogens (tertiary/aromatic N) is 1. The number of hydrogen-bond donors (Lipinski definition) is 1. The van der Waals surface area contributed by atoms with Crippen LogP contribution in [0.4, 0.5) is 0 Å². The molecular weight excluding hydrogens is 212 g/mol. The third kappa shape index (κ3) is 2.38. The summed E-state index contributed by atoms with van der Waals surface area (Å²) in [7, 11) is 0. The lowest BCUT2D eigenvalue weighted by Gasteiger charge is -2.46. The first-order chi connectivity index (χ1) is 8.29. The highest BCUT2D eigenvalue weighted by Gasteiger charge is 2.42. The van der Waals surface area contributed by atoms with Crippen molar-refractivity contribution in [3.05, 3.63) is 0 Å². The van der Waals surface area contributed by atoms with E-state index in [0.717, 1.165) is 25.7 Å². The molecule has 0 aromatic rings. The molecule has 2 aliphatic heterocycles. The molecule has 1 N–H and O–H groups in total. The molecular formula is C14H26N2O. The summed E-state index contributed by atoms with van der Waals surface area (Å²) in [5.74, 6) is 0. The molecule has 2 heterocycles. The number of nitrogens with one attached hydrogen (secondary N) is 1. The first-order valence-electron chi connectivity index (χ1n) is 7.40. The van der Waals surface area contributed by atoms with E-state index in [1.54, 1.807) is 0 Å². The van der Waals surface area contributed by atoms with Crippen LogP contribution in [0.1, 0.15) is 45.4 Å². The number of piperazine rings is 1. The molecule has 0 bridgehead atoms. The molecule has 3 heteroatoms. The zero-order valence-corrected chi connectivity index (χ0v) is 11.1. The van der Waals surface area contributed by atoms with Gasteiger partial charge in [-0.2, -0.15) is 0 Å². The Labute approximate surface area is 105 Å². The van der Waals surface area contributed by atoms with Crippen LogP contribution in [-0.4, -0.2) is 48.8 Å². The smallest absolute Gasteiger partial charge is 0.0697 e. The maximum absolute atomic E-state index is 6.14. The van der Waals surface area contributed by atoms with Gasteiger partial charge in [0.2, 0.25) is 0 Å². The number of ether oxygens (including phenoxy) is 1. The van der Waals surface area contributed by atoms with Crippen molar-refractivity contribution in [3.63, 3.8) is 0 Å². The quantitative estimate of drug-likeness (QED) is 0.753. The van der Waals surface area contributed by atoms with Crippen molar-refractivity contribution < 1.29 is 4.74 Å². The molecule has 98 valence electrons. The Morgan fingerprint density at radius 2 is 2.12 bits per heavy atom. The molecule has 1 spiro atoms. The van der Waals surface area contributed by atoms with Crippen LogP contribution < -0.4 is 5.32 Å². The van der Waals surface area contributed by atoms with E-state index in [1.807, 2.05) is 0 Å². The number of hydrogen-bond acceptors (Lipinski definition) is 3. The third-order valence-corrected chi connectivity index (χ3v) is 5.00. The molecule has 0 radical (unpaired) electrons. The van der Waals surface area contributed by atoms with E-state index >= 15 is 0 Å². The first kappa shape index (κ1) is 11.9. The first-order valence-corrected chi connectivity index (χ1v) is 7.40. The standard InChI is InChI=1S/C14H26N2O/c1-12-11-15-7-8-16(12)13-4-9-17-14(10-13)5-2-3-6-14/h12-13,15H,2-11H2,1H3/t12-,13?/m1/s1. The van der Waals surface area contributed by atoms with Gasteiger partial charge in [-0.1, -0.05) is 12.8 Å². The Morgan fingerprint density at radius 3 is 2.88 bits per heavy atom. The summed E-state index contributed by atoms with van der Waals surface area (Å²) >= 11 is 0. The Hall–Kier alpha value is -0.120. The zero-order chi connectivity index (χ0) is 11.7. The molecule has 3 aliphatic rings. The van der Waals surface area contributed by atoms with Crippen molar-refractivity contribution in [2.75, 3.05) is 26.2 Å². The lowest BCUT2D eigenvalue weighted by molar-refractivity contribution is -0.107. The molecule has 2 atom stereocenters. The lowest BCUT2D eigenvalue weighted by atomic mass is 9.87. The van der Waals surface area contributed by atoms with Crippen LogP contribution in [0.5, 0.6) is 0 Å². The van der Waals surface area contributed by atoms with Gasteiger partial charge in [-0.25, -0.2) is 0 Å². The molecule has 2 saturated heterocycles. The van der Waals surface area contributed by atoms with Crippen LogP contribution in [0.3, 0.4) is 0 Å². The summed E-state index contributed by atoms with van der Waals surface area (Å²) in [5.41, 5.74) is 0.271. The summed E-state index contributed by atoms with van der Waals surface area (Å²) in [6, 6.07) is 1.48. The van der Waals surface area contributed by atoms with E-state index < -0.39 is 0 Å². The van der Waals surface area contributed by atoms with Crippen molar-refractivity contribution >= 4 is 0 Å². The van der Waals surface area contributed by atoms with Crippen molar-refractivity contribution in [2.45, 2.75) is 63.1 Å². The second-order valence-corrected chi connectivity index (χ2v) is 6.18. The Kier molecular flexibility index (Phi) is 3.42. The SMILES string of the molecule is C[C@@H]1CNCCN1C1CCOC2(CCCC2)C1. The fourth-order valence-corrected chi connectivity index (χ4v) is 4.05.